The minimum absolute atomic E-state index is 0.0223. The Labute approximate surface area is 152 Å². The van der Waals surface area contributed by atoms with Crippen LogP contribution in [0.1, 0.15) is 10.6 Å². The third kappa shape index (κ3) is 2.48. The third-order valence-electron chi connectivity index (χ3n) is 4.54. The van der Waals surface area contributed by atoms with Gasteiger partial charge in [-0.3, -0.25) is 9.59 Å². The van der Waals surface area contributed by atoms with E-state index in [1.165, 1.54) is 6.07 Å². The lowest BCUT2D eigenvalue weighted by Gasteiger charge is -2.07. The highest BCUT2D eigenvalue weighted by Crippen LogP contribution is 2.25. The molecule has 0 unspecified atom stereocenters. The molecule has 5 heteroatoms. The van der Waals surface area contributed by atoms with E-state index in [0.717, 1.165) is 10.8 Å². The molecule has 5 aromatic rings. The number of anilines is 1. The van der Waals surface area contributed by atoms with Crippen molar-refractivity contribution in [2.45, 2.75) is 0 Å². The highest BCUT2D eigenvalue weighted by Gasteiger charge is 2.18. The SMILES string of the molecule is O=C(Nc1cccc2ccccc12)c1cc2c(=O)c3ccccc3oc2o1. The van der Waals surface area contributed by atoms with Gasteiger partial charge in [0.1, 0.15) is 11.0 Å². The predicted octanol–water partition coefficient (Wildman–Crippen LogP) is 4.94. The summed E-state index contributed by atoms with van der Waals surface area (Å²) in [5.74, 6) is -0.378. The number of carbonyl (C=O) groups is 1. The summed E-state index contributed by atoms with van der Waals surface area (Å²) in [6, 6.07) is 21.7. The van der Waals surface area contributed by atoms with Crippen LogP contribution in [-0.2, 0) is 0 Å². The van der Waals surface area contributed by atoms with Crippen molar-refractivity contribution in [1.29, 1.82) is 0 Å². The van der Waals surface area contributed by atoms with Crippen molar-refractivity contribution in [3.63, 3.8) is 0 Å². The first-order chi connectivity index (χ1) is 13.2. The van der Waals surface area contributed by atoms with Crippen molar-refractivity contribution in [2.75, 3.05) is 5.32 Å². The molecule has 0 aliphatic carbocycles. The van der Waals surface area contributed by atoms with Gasteiger partial charge in [0, 0.05) is 17.1 Å². The van der Waals surface area contributed by atoms with Crippen molar-refractivity contribution in [3.8, 4) is 0 Å². The molecule has 0 aliphatic rings. The van der Waals surface area contributed by atoms with E-state index >= 15 is 0 Å². The van der Waals surface area contributed by atoms with Crippen LogP contribution in [0.3, 0.4) is 0 Å². The largest absolute Gasteiger partial charge is 0.425 e. The fraction of sp³-hybridized carbons (Fsp3) is 0. The standard InChI is InChI=1S/C22H13NO4/c24-20-15-9-3-4-11-18(15)26-22-16(20)12-19(27-22)21(25)23-17-10-5-7-13-6-1-2-8-14(13)17/h1-12H,(H,23,25). The normalized spacial score (nSPS) is 11.3. The van der Waals surface area contributed by atoms with Crippen molar-refractivity contribution >= 4 is 44.5 Å². The van der Waals surface area contributed by atoms with E-state index < -0.39 is 5.91 Å². The van der Waals surface area contributed by atoms with Crippen molar-refractivity contribution in [2.24, 2.45) is 0 Å². The number of furan rings is 1. The van der Waals surface area contributed by atoms with Gasteiger partial charge in [-0.15, -0.1) is 0 Å². The molecule has 1 amide bonds. The molecule has 0 atom stereocenters. The van der Waals surface area contributed by atoms with E-state index in [1.807, 2.05) is 42.5 Å². The van der Waals surface area contributed by atoms with E-state index in [0.29, 0.717) is 16.7 Å². The Balaban J connectivity index is 1.59. The lowest BCUT2D eigenvalue weighted by atomic mass is 10.1. The first kappa shape index (κ1) is 15.4. The molecule has 27 heavy (non-hydrogen) atoms. The molecule has 0 fully saturated rings. The molecule has 0 spiro atoms. The van der Waals surface area contributed by atoms with E-state index in [2.05, 4.69) is 5.32 Å². The Bertz CT molecular complexity index is 1390. The van der Waals surface area contributed by atoms with E-state index in [4.69, 9.17) is 8.83 Å². The number of amides is 1. The molecule has 2 heterocycles. The molecule has 0 aliphatic heterocycles. The van der Waals surface area contributed by atoms with Crippen molar-refractivity contribution < 1.29 is 13.6 Å². The van der Waals surface area contributed by atoms with Gasteiger partial charge in [-0.25, -0.2) is 0 Å². The molecule has 0 saturated carbocycles. The summed E-state index contributed by atoms with van der Waals surface area (Å²) < 4.78 is 11.2. The first-order valence-electron chi connectivity index (χ1n) is 8.45. The van der Waals surface area contributed by atoms with E-state index in [-0.39, 0.29) is 22.4 Å². The molecule has 0 bridgehead atoms. The Morgan fingerprint density at radius 2 is 1.52 bits per heavy atom. The van der Waals surface area contributed by atoms with E-state index in [1.54, 1.807) is 24.3 Å². The molecular formula is C22H13NO4. The van der Waals surface area contributed by atoms with Crippen LogP contribution in [0.5, 0.6) is 0 Å². The zero-order valence-electron chi connectivity index (χ0n) is 14.1. The number of nitrogens with one attached hydrogen (secondary N) is 1. The minimum Gasteiger partial charge on any atom is -0.425 e. The predicted molar refractivity (Wildman–Crippen MR) is 104 cm³/mol. The summed E-state index contributed by atoms with van der Waals surface area (Å²) in [5.41, 5.74) is 0.869. The summed E-state index contributed by atoms with van der Waals surface area (Å²) >= 11 is 0. The lowest BCUT2D eigenvalue weighted by Crippen LogP contribution is -2.11. The minimum atomic E-state index is -0.443. The second-order valence-electron chi connectivity index (χ2n) is 6.22. The zero-order chi connectivity index (χ0) is 18.4. The number of carbonyl (C=O) groups excluding carboxylic acids is 1. The average Bonchev–Trinajstić information content (AvgIpc) is 3.13. The maximum absolute atomic E-state index is 12.7. The molecule has 5 nitrogen and oxygen atoms in total. The van der Waals surface area contributed by atoms with Crippen LogP contribution < -0.4 is 10.7 Å². The van der Waals surface area contributed by atoms with Gasteiger partial charge in [0.2, 0.25) is 5.43 Å². The monoisotopic (exact) mass is 355 g/mol. The lowest BCUT2D eigenvalue weighted by molar-refractivity contribution is 0.0997. The summed E-state index contributed by atoms with van der Waals surface area (Å²) in [7, 11) is 0. The Hall–Kier alpha value is -3.86. The van der Waals surface area contributed by atoms with Crippen LogP contribution in [0, 0.1) is 0 Å². The van der Waals surface area contributed by atoms with Gasteiger partial charge in [-0.2, -0.15) is 0 Å². The molecule has 2 aromatic heterocycles. The van der Waals surface area contributed by atoms with Gasteiger partial charge in [0.05, 0.1) is 5.39 Å². The summed E-state index contributed by atoms with van der Waals surface area (Å²) in [6.07, 6.45) is 0. The number of fused-ring (bicyclic) bond motifs is 3. The maximum atomic E-state index is 12.7. The van der Waals surface area contributed by atoms with Crippen molar-refractivity contribution in [3.05, 3.63) is 88.8 Å². The van der Waals surface area contributed by atoms with E-state index in [9.17, 15) is 9.59 Å². The van der Waals surface area contributed by atoms with Gasteiger partial charge in [0.15, 0.2) is 5.76 Å². The molecule has 3 aromatic carbocycles. The quantitative estimate of drug-likeness (QED) is 0.486. The highest BCUT2D eigenvalue weighted by molar-refractivity contribution is 6.09. The molecule has 5 rings (SSSR count). The second-order valence-corrected chi connectivity index (χ2v) is 6.22. The van der Waals surface area contributed by atoms with Crippen LogP contribution in [0.15, 0.2) is 86.4 Å². The van der Waals surface area contributed by atoms with Crippen LogP contribution in [0.25, 0.3) is 32.9 Å². The van der Waals surface area contributed by atoms with Gasteiger partial charge < -0.3 is 14.2 Å². The highest BCUT2D eigenvalue weighted by atomic mass is 16.5. The molecule has 0 saturated heterocycles. The molecule has 1 N–H and O–H groups in total. The number of hydrogen-bond donors (Lipinski definition) is 1. The topological polar surface area (TPSA) is 72.5 Å². The fourth-order valence-electron chi connectivity index (χ4n) is 3.23. The number of rotatable bonds is 2. The number of benzene rings is 3. The second kappa shape index (κ2) is 5.85. The average molecular weight is 355 g/mol. The first-order valence-corrected chi connectivity index (χ1v) is 8.45. The zero-order valence-corrected chi connectivity index (χ0v) is 14.1. The van der Waals surface area contributed by atoms with Crippen molar-refractivity contribution in [1.82, 2.24) is 0 Å². The van der Waals surface area contributed by atoms with Crippen LogP contribution in [0.4, 0.5) is 5.69 Å². The molecule has 130 valence electrons. The molecule has 0 radical (unpaired) electrons. The van der Waals surface area contributed by atoms with Crippen LogP contribution in [-0.4, -0.2) is 5.91 Å². The van der Waals surface area contributed by atoms with Crippen LogP contribution >= 0.6 is 0 Å². The fourth-order valence-corrected chi connectivity index (χ4v) is 3.23. The Morgan fingerprint density at radius 3 is 2.41 bits per heavy atom. The summed E-state index contributed by atoms with van der Waals surface area (Å²) in [4.78, 5) is 25.3. The van der Waals surface area contributed by atoms with Crippen LogP contribution in [0.2, 0.25) is 0 Å². The summed E-state index contributed by atoms with van der Waals surface area (Å²) in [5, 5.41) is 5.48. The third-order valence-corrected chi connectivity index (χ3v) is 4.54. The van der Waals surface area contributed by atoms with Gasteiger partial charge >= 0.3 is 5.78 Å². The van der Waals surface area contributed by atoms with Gasteiger partial charge in [-0.05, 0) is 23.6 Å². The summed E-state index contributed by atoms with van der Waals surface area (Å²) in [6.45, 7) is 0. The Morgan fingerprint density at radius 1 is 0.778 bits per heavy atom. The smallest absolute Gasteiger partial charge is 0.302 e. The number of hydrogen-bond acceptors (Lipinski definition) is 4. The van der Waals surface area contributed by atoms with Gasteiger partial charge in [-0.1, -0.05) is 48.5 Å². The number of para-hydroxylation sites is 1. The van der Waals surface area contributed by atoms with Gasteiger partial charge in [0.25, 0.3) is 5.91 Å². The maximum Gasteiger partial charge on any atom is 0.302 e. The molecular weight excluding hydrogens is 342 g/mol. The Kier molecular flexibility index (Phi) is 3.33.